The third-order valence-electron chi connectivity index (χ3n) is 2.58. The Morgan fingerprint density at radius 2 is 2.29 bits per heavy atom. The molecule has 0 saturated heterocycles. The number of nitrogens with two attached hydrogens (primary N) is 1. The highest BCUT2D eigenvalue weighted by Gasteiger charge is 2.15. The van der Waals surface area contributed by atoms with Gasteiger partial charge in [0.15, 0.2) is 0 Å². The molecule has 6 heteroatoms. The van der Waals surface area contributed by atoms with Crippen LogP contribution in [0, 0.1) is 0 Å². The molecule has 0 radical (unpaired) electrons. The van der Waals surface area contributed by atoms with E-state index >= 15 is 0 Å². The number of hydrogen-bond acceptors (Lipinski definition) is 6. The van der Waals surface area contributed by atoms with Crippen molar-refractivity contribution < 1.29 is 9.53 Å². The third-order valence-corrected chi connectivity index (χ3v) is 3.67. The fourth-order valence-electron chi connectivity index (χ4n) is 1.18. The summed E-state index contributed by atoms with van der Waals surface area (Å²) in [6.07, 6.45) is 0. The molecule has 0 bridgehead atoms. The van der Waals surface area contributed by atoms with E-state index in [0.29, 0.717) is 16.6 Å². The number of ether oxygens (including phenoxy) is 1. The second-order valence-corrected chi connectivity index (χ2v) is 5.13. The SMILES string of the molecule is COC(=O)c1sc(NCC(C)N(C)C)cc1N. The van der Waals surface area contributed by atoms with Crippen molar-refractivity contribution in [2.24, 2.45) is 0 Å². The molecule has 0 aliphatic carbocycles. The van der Waals surface area contributed by atoms with Crippen molar-refractivity contribution >= 4 is 28.0 Å². The second kappa shape index (κ2) is 5.88. The van der Waals surface area contributed by atoms with Crippen LogP contribution in [-0.2, 0) is 4.74 Å². The van der Waals surface area contributed by atoms with E-state index in [-0.39, 0.29) is 5.97 Å². The fourth-order valence-corrected chi connectivity index (χ4v) is 2.08. The van der Waals surface area contributed by atoms with Crippen LogP contribution in [0.4, 0.5) is 10.7 Å². The van der Waals surface area contributed by atoms with Crippen LogP contribution in [0.15, 0.2) is 6.07 Å². The van der Waals surface area contributed by atoms with Crippen LogP contribution in [0.5, 0.6) is 0 Å². The maximum absolute atomic E-state index is 11.4. The molecule has 0 saturated carbocycles. The van der Waals surface area contributed by atoms with Crippen molar-refractivity contribution in [2.45, 2.75) is 13.0 Å². The zero-order valence-corrected chi connectivity index (χ0v) is 11.4. The molecule has 1 heterocycles. The number of esters is 1. The van der Waals surface area contributed by atoms with Crippen LogP contribution >= 0.6 is 11.3 Å². The number of likely N-dealkylation sites (N-methyl/N-ethyl adjacent to an activating group) is 1. The Hall–Kier alpha value is -1.27. The van der Waals surface area contributed by atoms with Crippen LogP contribution in [0.3, 0.4) is 0 Å². The van der Waals surface area contributed by atoms with E-state index in [4.69, 9.17) is 5.73 Å². The van der Waals surface area contributed by atoms with Gasteiger partial charge in [-0.15, -0.1) is 11.3 Å². The Bertz CT molecular complexity index is 390. The van der Waals surface area contributed by atoms with Gasteiger partial charge in [0.1, 0.15) is 4.88 Å². The highest BCUT2D eigenvalue weighted by atomic mass is 32.1. The Labute approximate surface area is 106 Å². The Kier molecular flexibility index (Phi) is 4.77. The minimum Gasteiger partial charge on any atom is -0.465 e. The van der Waals surface area contributed by atoms with Crippen molar-refractivity contribution in [3.8, 4) is 0 Å². The summed E-state index contributed by atoms with van der Waals surface area (Å²) >= 11 is 1.32. The van der Waals surface area contributed by atoms with Crippen molar-refractivity contribution in [1.82, 2.24) is 4.90 Å². The lowest BCUT2D eigenvalue weighted by molar-refractivity contribution is 0.0607. The molecular formula is C11H19N3O2S. The van der Waals surface area contributed by atoms with E-state index in [1.54, 1.807) is 6.07 Å². The van der Waals surface area contributed by atoms with Crippen LogP contribution < -0.4 is 11.1 Å². The standard InChI is InChI=1S/C11H19N3O2S/c1-7(14(2)3)6-13-9-5-8(12)10(17-9)11(15)16-4/h5,7,13H,6,12H2,1-4H3. The van der Waals surface area contributed by atoms with E-state index in [9.17, 15) is 4.79 Å². The van der Waals surface area contributed by atoms with Crippen molar-refractivity contribution in [1.29, 1.82) is 0 Å². The minimum atomic E-state index is -0.388. The number of nitrogen functional groups attached to an aromatic ring is 1. The lowest BCUT2D eigenvalue weighted by atomic mass is 10.3. The minimum absolute atomic E-state index is 0.388. The quantitative estimate of drug-likeness (QED) is 0.782. The molecule has 0 amide bonds. The Morgan fingerprint density at radius 1 is 1.65 bits per heavy atom. The van der Waals surface area contributed by atoms with Gasteiger partial charge in [-0.2, -0.15) is 0 Å². The van der Waals surface area contributed by atoms with E-state index in [0.717, 1.165) is 11.5 Å². The molecule has 0 aliphatic rings. The largest absolute Gasteiger partial charge is 0.465 e. The molecule has 1 aromatic heterocycles. The lowest BCUT2D eigenvalue weighted by Crippen LogP contribution is -2.31. The number of hydrogen-bond donors (Lipinski definition) is 2. The number of thiophene rings is 1. The molecule has 0 aliphatic heterocycles. The van der Waals surface area contributed by atoms with Gasteiger partial charge < -0.3 is 20.7 Å². The van der Waals surface area contributed by atoms with Gasteiger partial charge in [0, 0.05) is 12.6 Å². The Morgan fingerprint density at radius 3 is 2.82 bits per heavy atom. The first-order chi connectivity index (χ1) is 7.95. The van der Waals surface area contributed by atoms with Gasteiger partial charge in [-0.3, -0.25) is 0 Å². The highest BCUT2D eigenvalue weighted by Crippen LogP contribution is 2.29. The predicted octanol–water partition coefficient (Wildman–Crippen LogP) is 1.48. The predicted molar refractivity (Wildman–Crippen MR) is 71.7 cm³/mol. The first kappa shape index (κ1) is 13.8. The molecule has 1 atom stereocenters. The number of nitrogens with zero attached hydrogens (tertiary/aromatic N) is 1. The lowest BCUT2D eigenvalue weighted by Gasteiger charge is -2.19. The molecule has 1 aromatic rings. The average Bonchev–Trinajstić information content (AvgIpc) is 2.66. The zero-order valence-electron chi connectivity index (χ0n) is 10.6. The van der Waals surface area contributed by atoms with Crippen molar-refractivity contribution in [3.63, 3.8) is 0 Å². The van der Waals surface area contributed by atoms with E-state index < -0.39 is 0 Å². The van der Waals surface area contributed by atoms with Gasteiger partial charge in [0.2, 0.25) is 0 Å². The summed E-state index contributed by atoms with van der Waals surface area (Å²) in [4.78, 5) is 13.9. The molecule has 3 N–H and O–H groups in total. The topological polar surface area (TPSA) is 67.6 Å². The van der Waals surface area contributed by atoms with Gasteiger partial charge >= 0.3 is 5.97 Å². The number of methoxy groups -OCH3 is 1. The summed E-state index contributed by atoms with van der Waals surface area (Å²) in [6, 6.07) is 2.17. The molecule has 96 valence electrons. The van der Waals surface area contributed by atoms with Crippen LogP contribution in [0.2, 0.25) is 0 Å². The van der Waals surface area contributed by atoms with E-state index in [2.05, 4.69) is 21.9 Å². The van der Waals surface area contributed by atoms with Gasteiger partial charge in [-0.25, -0.2) is 4.79 Å². The van der Waals surface area contributed by atoms with Crippen LogP contribution in [0.25, 0.3) is 0 Å². The summed E-state index contributed by atoms with van der Waals surface area (Å²) in [7, 11) is 5.40. The van der Waals surface area contributed by atoms with Crippen molar-refractivity contribution in [3.05, 3.63) is 10.9 Å². The number of carbonyl (C=O) groups excluding carboxylic acids is 1. The molecule has 1 unspecified atom stereocenters. The molecule has 1 rings (SSSR count). The van der Waals surface area contributed by atoms with Crippen LogP contribution in [-0.4, -0.2) is 44.7 Å². The summed E-state index contributed by atoms with van der Waals surface area (Å²) in [5.74, 6) is -0.388. The monoisotopic (exact) mass is 257 g/mol. The molecule has 5 nitrogen and oxygen atoms in total. The normalized spacial score (nSPS) is 12.5. The van der Waals surface area contributed by atoms with Crippen LogP contribution in [0.1, 0.15) is 16.6 Å². The molecule has 0 fully saturated rings. The Balaban J connectivity index is 2.65. The van der Waals surface area contributed by atoms with Crippen molar-refractivity contribution in [2.75, 3.05) is 38.8 Å². The first-order valence-electron chi connectivity index (χ1n) is 5.33. The number of rotatable bonds is 5. The number of nitrogens with one attached hydrogen (secondary N) is 1. The molecule has 0 spiro atoms. The smallest absolute Gasteiger partial charge is 0.350 e. The molecular weight excluding hydrogens is 238 g/mol. The zero-order chi connectivity index (χ0) is 13.0. The van der Waals surface area contributed by atoms with Gasteiger partial charge in [-0.1, -0.05) is 0 Å². The molecule has 17 heavy (non-hydrogen) atoms. The number of anilines is 2. The van der Waals surface area contributed by atoms with Gasteiger partial charge in [0.05, 0.1) is 17.8 Å². The van der Waals surface area contributed by atoms with E-state index in [1.165, 1.54) is 18.4 Å². The third kappa shape index (κ3) is 3.61. The molecule has 0 aromatic carbocycles. The fraction of sp³-hybridized carbons (Fsp3) is 0.545. The number of carbonyl (C=O) groups is 1. The average molecular weight is 257 g/mol. The summed E-state index contributed by atoms with van der Waals surface area (Å²) in [5, 5.41) is 4.14. The maximum atomic E-state index is 11.4. The first-order valence-corrected chi connectivity index (χ1v) is 6.15. The summed E-state index contributed by atoms with van der Waals surface area (Å²) < 4.78 is 4.65. The van der Waals surface area contributed by atoms with Gasteiger partial charge in [0.25, 0.3) is 0 Å². The second-order valence-electron chi connectivity index (χ2n) is 4.08. The highest BCUT2D eigenvalue weighted by molar-refractivity contribution is 7.18. The summed E-state index contributed by atoms with van der Waals surface area (Å²) in [5.41, 5.74) is 6.20. The van der Waals surface area contributed by atoms with Gasteiger partial charge in [-0.05, 0) is 27.1 Å². The van der Waals surface area contributed by atoms with E-state index in [1.807, 2.05) is 14.1 Å². The maximum Gasteiger partial charge on any atom is 0.350 e. The summed E-state index contributed by atoms with van der Waals surface area (Å²) in [6.45, 7) is 2.92.